The summed E-state index contributed by atoms with van der Waals surface area (Å²) in [6, 6.07) is 5.13. The Balaban J connectivity index is 2.29. The minimum absolute atomic E-state index is 0.445. The van der Waals surface area contributed by atoms with E-state index in [4.69, 9.17) is 15.2 Å². The Bertz CT molecular complexity index is 398. The van der Waals surface area contributed by atoms with Gasteiger partial charge in [0.2, 0.25) is 0 Å². The molecule has 1 unspecified atom stereocenters. The third kappa shape index (κ3) is 2.70. The Morgan fingerprint density at radius 1 is 1.24 bits per heavy atom. The number of fused-ring (bicyclic) bond motifs is 1. The lowest BCUT2D eigenvalue weighted by Crippen LogP contribution is -2.35. The second-order valence-corrected chi connectivity index (χ2v) is 4.89. The van der Waals surface area contributed by atoms with Gasteiger partial charge in [0.15, 0.2) is 11.5 Å². The normalized spacial score (nSPS) is 17.4. The van der Waals surface area contributed by atoms with Gasteiger partial charge in [-0.25, -0.2) is 0 Å². The Labute approximate surface area is 101 Å². The van der Waals surface area contributed by atoms with E-state index in [1.807, 2.05) is 18.2 Å². The molecule has 0 fully saturated rings. The molecule has 1 heterocycles. The molecule has 4 heteroatoms. The van der Waals surface area contributed by atoms with Crippen LogP contribution in [0, 0.1) is 0 Å². The molecular formula is C13H19NO3. The molecule has 0 saturated carbocycles. The third-order valence-electron chi connectivity index (χ3n) is 2.89. The van der Waals surface area contributed by atoms with Crippen molar-refractivity contribution in [2.75, 3.05) is 13.2 Å². The molecule has 0 spiro atoms. The summed E-state index contributed by atoms with van der Waals surface area (Å²) in [6.45, 7) is 4.71. The van der Waals surface area contributed by atoms with Gasteiger partial charge in [-0.2, -0.15) is 0 Å². The number of nitrogens with two attached hydrogens (primary N) is 1. The molecule has 0 amide bonds. The fourth-order valence-corrected chi connectivity index (χ4v) is 1.78. The quantitative estimate of drug-likeness (QED) is 0.820. The maximum absolute atomic E-state index is 9.90. The average molecular weight is 237 g/mol. The Morgan fingerprint density at radius 2 is 1.88 bits per heavy atom. The van der Waals surface area contributed by atoms with Gasteiger partial charge in [0, 0.05) is 6.42 Å². The Kier molecular flexibility index (Phi) is 3.26. The van der Waals surface area contributed by atoms with Gasteiger partial charge in [-0.05, 0) is 31.5 Å². The SMILES string of the molecule is CC(C)(O)C(N)c1ccc2c(c1)OCCCO2. The molecule has 94 valence electrons. The topological polar surface area (TPSA) is 64.7 Å². The van der Waals surface area contributed by atoms with E-state index in [0.29, 0.717) is 19.0 Å². The number of hydrogen-bond acceptors (Lipinski definition) is 4. The van der Waals surface area contributed by atoms with E-state index in [0.717, 1.165) is 17.7 Å². The van der Waals surface area contributed by atoms with Crippen molar-refractivity contribution in [1.29, 1.82) is 0 Å². The molecule has 0 aliphatic carbocycles. The lowest BCUT2D eigenvalue weighted by Gasteiger charge is -2.26. The van der Waals surface area contributed by atoms with Gasteiger partial charge in [0.05, 0.1) is 24.9 Å². The summed E-state index contributed by atoms with van der Waals surface area (Å²) in [4.78, 5) is 0. The number of ether oxygens (including phenoxy) is 2. The standard InChI is InChI=1S/C13H19NO3/c1-13(2,15)12(14)9-4-5-10-11(8-9)17-7-3-6-16-10/h4-5,8,12,15H,3,6-7,14H2,1-2H3. The molecule has 4 nitrogen and oxygen atoms in total. The van der Waals surface area contributed by atoms with Crippen molar-refractivity contribution in [3.63, 3.8) is 0 Å². The van der Waals surface area contributed by atoms with Crippen LogP contribution in [0.15, 0.2) is 18.2 Å². The van der Waals surface area contributed by atoms with Crippen molar-refractivity contribution in [1.82, 2.24) is 0 Å². The number of rotatable bonds is 2. The molecule has 1 aromatic rings. The highest BCUT2D eigenvalue weighted by atomic mass is 16.5. The second kappa shape index (κ2) is 4.55. The highest BCUT2D eigenvalue weighted by Crippen LogP contribution is 2.34. The fraction of sp³-hybridized carbons (Fsp3) is 0.538. The van der Waals surface area contributed by atoms with Crippen LogP contribution in [0.1, 0.15) is 31.9 Å². The van der Waals surface area contributed by atoms with E-state index < -0.39 is 11.6 Å². The maximum Gasteiger partial charge on any atom is 0.161 e. The van der Waals surface area contributed by atoms with Crippen molar-refractivity contribution in [2.24, 2.45) is 5.73 Å². The lowest BCUT2D eigenvalue weighted by atomic mass is 9.92. The zero-order chi connectivity index (χ0) is 12.5. The monoisotopic (exact) mass is 237 g/mol. The molecule has 3 N–H and O–H groups in total. The summed E-state index contributed by atoms with van der Waals surface area (Å²) in [7, 11) is 0. The van der Waals surface area contributed by atoms with Gasteiger partial charge in [0.25, 0.3) is 0 Å². The van der Waals surface area contributed by atoms with E-state index in [9.17, 15) is 5.11 Å². The van der Waals surface area contributed by atoms with Crippen LogP contribution in [0.2, 0.25) is 0 Å². The van der Waals surface area contributed by atoms with Crippen LogP contribution in [0.3, 0.4) is 0 Å². The number of hydrogen-bond donors (Lipinski definition) is 2. The first-order chi connectivity index (χ1) is 7.98. The van der Waals surface area contributed by atoms with Crippen molar-refractivity contribution in [2.45, 2.75) is 31.9 Å². The molecule has 0 bridgehead atoms. The van der Waals surface area contributed by atoms with E-state index in [1.54, 1.807) is 13.8 Å². The van der Waals surface area contributed by atoms with Crippen LogP contribution in [0.25, 0.3) is 0 Å². The molecule has 17 heavy (non-hydrogen) atoms. The van der Waals surface area contributed by atoms with Crippen molar-refractivity contribution in [3.05, 3.63) is 23.8 Å². The predicted octanol–water partition coefficient (Wildman–Crippen LogP) is 1.62. The van der Waals surface area contributed by atoms with Gasteiger partial charge in [-0.1, -0.05) is 6.07 Å². The summed E-state index contributed by atoms with van der Waals surface area (Å²) in [5, 5.41) is 9.90. The van der Waals surface area contributed by atoms with Gasteiger partial charge >= 0.3 is 0 Å². The van der Waals surface area contributed by atoms with Gasteiger partial charge in [-0.15, -0.1) is 0 Å². The molecule has 1 aliphatic heterocycles. The molecule has 0 aromatic heterocycles. The van der Waals surface area contributed by atoms with Crippen LogP contribution in [-0.4, -0.2) is 23.9 Å². The highest BCUT2D eigenvalue weighted by Gasteiger charge is 2.25. The Morgan fingerprint density at radius 3 is 2.53 bits per heavy atom. The molecular weight excluding hydrogens is 218 g/mol. The van der Waals surface area contributed by atoms with E-state index in [1.165, 1.54) is 0 Å². The predicted molar refractivity (Wildman–Crippen MR) is 65.3 cm³/mol. The summed E-state index contributed by atoms with van der Waals surface area (Å²) >= 11 is 0. The minimum atomic E-state index is -0.959. The Hall–Kier alpha value is -1.26. The zero-order valence-electron chi connectivity index (χ0n) is 10.3. The number of benzene rings is 1. The molecule has 0 radical (unpaired) electrons. The average Bonchev–Trinajstić information content (AvgIpc) is 2.50. The highest BCUT2D eigenvalue weighted by molar-refractivity contribution is 5.44. The summed E-state index contributed by atoms with van der Waals surface area (Å²) in [5.41, 5.74) is 5.89. The van der Waals surface area contributed by atoms with Crippen molar-refractivity contribution < 1.29 is 14.6 Å². The first kappa shape index (κ1) is 12.2. The largest absolute Gasteiger partial charge is 0.490 e. The van der Waals surface area contributed by atoms with Crippen LogP contribution in [0.5, 0.6) is 11.5 Å². The summed E-state index contributed by atoms with van der Waals surface area (Å²) in [5.74, 6) is 1.45. The lowest BCUT2D eigenvalue weighted by molar-refractivity contribution is 0.0516. The van der Waals surface area contributed by atoms with Crippen molar-refractivity contribution in [3.8, 4) is 11.5 Å². The van der Waals surface area contributed by atoms with Gasteiger partial charge < -0.3 is 20.3 Å². The van der Waals surface area contributed by atoms with Gasteiger partial charge in [-0.3, -0.25) is 0 Å². The molecule has 1 atom stereocenters. The van der Waals surface area contributed by atoms with E-state index in [2.05, 4.69) is 0 Å². The third-order valence-corrected chi connectivity index (χ3v) is 2.89. The molecule has 1 aromatic carbocycles. The first-order valence-electron chi connectivity index (χ1n) is 5.86. The van der Waals surface area contributed by atoms with Gasteiger partial charge in [0.1, 0.15) is 0 Å². The van der Waals surface area contributed by atoms with Crippen LogP contribution in [0.4, 0.5) is 0 Å². The van der Waals surface area contributed by atoms with Crippen LogP contribution < -0.4 is 15.2 Å². The van der Waals surface area contributed by atoms with Crippen molar-refractivity contribution >= 4 is 0 Å². The second-order valence-electron chi connectivity index (χ2n) is 4.89. The minimum Gasteiger partial charge on any atom is -0.490 e. The molecule has 1 aliphatic rings. The van der Waals surface area contributed by atoms with Crippen LogP contribution >= 0.6 is 0 Å². The fourth-order valence-electron chi connectivity index (χ4n) is 1.78. The van der Waals surface area contributed by atoms with E-state index in [-0.39, 0.29) is 0 Å². The summed E-state index contributed by atoms with van der Waals surface area (Å²) in [6.07, 6.45) is 0.877. The molecule has 0 saturated heterocycles. The summed E-state index contributed by atoms with van der Waals surface area (Å²) < 4.78 is 11.1. The first-order valence-corrected chi connectivity index (χ1v) is 5.86. The smallest absolute Gasteiger partial charge is 0.161 e. The number of aliphatic hydroxyl groups is 1. The van der Waals surface area contributed by atoms with Crippen LogP contribution in [-0.2, 0) is 0 Å². The zero-order valence-corrected chi connectivity index (χ0v) is 10.3. The molecule has 2 rings (SSSR count). The van der Waals surface area contributed by atoms with E-state index >= 15 is 0 Å². The maximum atomic E-state index is 9.90.